The van der Waals surface area contributed by atoms with Crippen LogP contribution in [0.5, 0.6) is 0 Å². The molecule has 6 N–H and O–H groups in total. The lowest BCUT2D eigenvalue weighted by Crippen LogP contribution is -2.30. The number of carbonyl (C=O) groups excluding carboxylic acids is 3. The summed E-state index contributed by atoms with van der Waals surface area (Å²) in [4.78, 5) is 34.9. The number of aromatic nitrogens is 2. The van der Waals surface area contributed by atoms with E-state index >= 15 is 0 Å². The molecule has 0 atom stereocenters. The van der Waals surface area contributed by atoms with Gasteiger partial charge in [-0.2, -0.15) is 5.10 Å². The lowest BCUT2D eigenvalue weighted by Gasteiger charge is -2.10. The number of amides is 4. The molecule has 0 saturated carbocycles. The fourth-order valence-electron chi connectivity index (χ4n) is 2.90. The second-order valence-electron chi connectivity index (χ2n) is 6.95. The molecule has 9 heteroatoms. The third-order valence-corrected chi connectivity index (χ3v) is 4.22. The Kier molecular flexibility index (Phi) is 5.82. The van der Waals surface area contributed by atoms with Gasteiger partial charge in [0.2, 0.25) is 0 Å². The van der Waals surface area contributed by atoms with E-state index in [1.54, 1.807) is 18.2 Å². The number of hydrogen-bond donors (Lipinski definition) is 4. The molecule has 0 bridgehead atoms. The first-order valence-electron chi connectivity index (χ1n) is 9.22. The van der Waals surface area contributed by atoms with Crippen molar-refractivity contribution >= 4 is 23.5 Å². The summed E-state index contributed by atoms with van der Waals surface area (Å²) < 4.78 is 1.42. The van der Waals surface area contributed by atoms with Crippen molar-refractivity contribution in [3.8, 4) is 16.8 Å². The van der Waals surface area contributed by atoms with Crippen LogP contribution in [0.25, 0.3) is 16.8 Å². The summed E-state index contributed by atoms with van der Waals surface area (Å²) in [5.41, 5.74) is 13.5. The maximum absolute atomic E-state index is 12.2. The Balaban J connectivity index is 1.88. The summed E-state index contributed by atoms with van der Waals surface area (Å²) >= 11 is 0. The van der Waals surface area contributed by atoms with Crippen LogP contribution in [0.2, 0.25) is 0 Å². The third-order valence-electron chi connectivity index (χ3n) is 4.22. The molecular weight excluding hydrogens is 384 g/mol. The zero-order valence-electron chi connectivity index (χ0n) is 16.5. The topological polar surface area (TPSA) is 145 Å². The lowest BCUT2D eigenvalue weighted by molar-refractivity contribution is 0.0941. The van der Waals surface area contributed by atoms with E-state index in [1.807, 2.05) is 44.2 Å². The van der Waals surface area contributed by atoms with Crippen LogP contribution in [0.3, 0.4) is 0 Å². The monoisotopic (exact) mass is 406 g/mol. The summed E-state index contributed by atoms with van der Waals surface area (Å²) in [7, 11) is 0. The van der Waals surface area contributed by atoms with E-state index in [0.29, 0.717) is 11.3 Å². The van der Waals surface area contributed by atoms with Gasteiger partial charge in [-0.05, 0) is 49.2 Å². The molecule has 154 valence electrons. The van der Waals surface area contributed by atoms with E-state index < -0.39 is 11.9 Å². The Labute approximate surface area is 173 Å². The molecule has 1 heterocycles. The van der Waals surface area contributed by atoms with Gasteiger partial charge in [-0.15, -0.1) is 0 Å². The van der Waals surface area contributed by atoms with E-state index in [0.717, 1.165) is 11.1 Å². The second-order valence-corrected chi connectivity index (χ2v) is 6.95. The maximum atomic E-state index is 12.2. The van der Waals surface area contributed by atoms with Gasteiger partial charge in [0, 0.05) is 11.6 Å². The first-order valence-corrected chi connectivity index (χ1v) is 9.22. The molecule has 0 spiro atoms. The first-order chi connectivity index (χ1) is 14.2. The van der Waals surface area contributed by atoms with Crippen LogP contribution in [-0.4, -0.2) is 33.7 Å². The zero-order chi connectivity index (χ0) is 21.8. The molecule has 0 unspecified atom stereocenters. The van der Waals surface area contributed by atoms with Crippen molar-refractivity contribution in [2.75, 3.05) is 5.32 Å². The molecule has 0 aliphatic carbocycles. The number of urea groups is 1. The summed E-state index contributed by atoms with van der Waals surface area (Å²) in [6, 6.07) is 13.9. The average molecular weight is 406 g/mol. The average Bonchev–Trinajstić information content (AvgIpc) is 3.11. The fraction of sp³-hybridized carbons (Fsp3) is 0.143. The maximum Gasteiger partial charge on any atom is 0.316 e. The highest BCUT2D eigenvalue weighted by Crippen LogP contribution is 2.23. The van der Waals surface area contributed by atoms with Crippen LogP contribution in [0.4, 0.5) is 10.5 Å². The number of nitrogens with two attached hydrogens (primary N) is 2. The van der Waals surface area contributed by atoms with Crippen LogP contribution in [0.15, 0.2) is 54.7 Å². The number of nitrogens with zero attached hydrogens (tertiary/aromatic N) is 2. The predicted octanol–water partition coefficient (Wildman–Crippen LogP) is 2.27. The zero-order valence-corrected chi connectivity index (χ0v) is 16.5. The van der Waals surface area contributed by atoms with Crippen LogP contribution < -0.4 is 22.1 Å². The van der Waals surface area contributed by atoms with Crippen molar-refractivity contribution in [1.29, 1.82) is 0 Å². The molecule has 9 nitrogen and oxygen atoms in total. The number of rotatable bonds is 6. The third kappa shape index (κ3) is 4.64. The van der Waals surface area contributed by atoms with Gasteiger partial charge in [0.05, 0.1) is 17.6 Å². The Morgan fingerprint density at radius 2 is 1.70 bits per heavy atom. The van der Waals surface area contributed by atoms with Crippen LogP contribution >= 0.6 is 0 Å². The minimum atomic E-state index is -0.825. The minimum Gasteiger partial charge on any atom is -0.364 e. The summed E-state index contributed by atoms with van der Waals surface area (Å²) in [6.07, 6.45) is 1.46. The molecule has 30 heavy (non-hydrogen) atoms. The van der Waals surface area contributed by atoms with Crippen LogP contribution in [0, 0.1) is 0 Å². The Hall–Kier alpha value is -4.14. The highest BCUT2D eigenvalue weighted by molar-refractivity contribution is 6.00. The van der Waals surface area contributed by atoms with Crippen LogP contribution in [0.1, 0.15) is 34.7 Å². The van der Waals surface area contributed by atoms with Crippen molar-refractivity contribution in [3.63, 3.8) is 0 Å². The molecule has 0 aliphatic heterocycles. The highest BCUT2D eigenvalue weighted by atomic mass is 16.2. The molecule has 0 aliphatic rings. The smallest absolute Gasteiger partial charge is 0.316 e. The van der Waals surface area contributed by atoms with E-state index in [1.165, 1.54) is 10.9 Å². The Morgan fingerprint density at radius 3 is 2.30 bits per heavy atom. The van der Waals surface area contributed by atoms with Gasteiger partial charge in [-0.25, -0.2) is 9.48 Å². The number of anilines is 1. The number of nitrogens with one attached hydrogen (secondary N) is 2. The standard InChI is InChI=1S/C21H22N6O3/c1-12(2)24-20(29)15-5-3-4-14(10-15)13-6-8-16(9-7-13)27-11-17(25-21(23)30)18(26-27)19(22)28/h3-12H,1-2H3,(H2,22,28)(H,24,29)(H3,23,25,30). The van der Waals surface area contributed by atoms with Crippen molar-refractivity contribution in [3.05, 3.63) is 66.0 Å². The van der Waals surface area contributed by atoms with Gasteiger partial charge in [0.15, 0.2) is 5.69 Å². The molecule has 1 aromatic heterocycles. The molecule has 4 amide bonds. The normalized spacial score (nSPS) is 10.6. The van der Waals surface area contributed by atoms with Crippen molar-refractivity contribution in [1.82, 2.24) is 15.1 Å². The number of primary amides is 2. The SMILES string of the molecule is CC(C)NC(=O)c1cccc(-c2ccc(-n3cc(NC(N)=O)c(C(N)=O)n3)cc2)c1. The van der Waals surface area contributed by atoms with Gasteiger partial charge in [-0.1, -0.05) is 24.3 Å². The number of benzene rings is 2. The highest BCUT2D eigenvalue weighted by Gasteiger charge is 2.16. The molecular formula is C21H22N6O3. The summed E-state index contributed by atoms with van der Waals surface area (Å²) in [5.74, 6) is -0.918. The van der Waals surface area contributed by atoms with E-state index in [4.69, 9.17) is 11.5 Å². The minimum absolute atomic E-state index is 0.0498. The van der Waals surface area contributed by atoms with Crippen molar-refractivity contribution < 1.29 is 14.4 Å². The lowest BCUT2D eigenvalue weighted by atomic mass is 10.0. The van der Waals surface area contributed by atoms with Gasteiger partial charge < -0.3 is 22.1 Å². The van der Waals surface area contributed by atoms with Gasteiger partial charge in [-0.3, -0.25) is 9.59 Å². The number of hydrogen-bond acceptors (Lipinski definition) is 4. The molecule has 3 rings (SSSR count). The Bertz CT molecular complexity index is 1100. The second kappa shape index (κ2) is 8.48. The molecule has 0 saturated heterocycles. The van der Waals surface area contributed by atoms with E-state index in [-0.39, 0.29) is 23.3 Å². The summed E-state index contributed by atoms with van der Waals surface area (Å²) in [5, 5.41) is 9.32. The molecule has 3 aromatic rings. The predicted molar refractivity (Wildman–Crippen MR) is 113 cm³/mol. The van der Waals surface area contributed by atoms with Crippen LogP contribution in [-0.2, 0) is 0 Å². The van der Waals surface area contributed by atoms with E-state index in [2.05, 4.69) is 15.7 Å². The van der Waals surface area contributed by atoms with Crippen molar-refractivity contribution in [2.45, 2.75) is 19.9 Å². The Morgan fingerprint density at radius 1 is 1.00 bits per heavy atom. The molecule has 0 fully saturated rings. The quantitative estimate of drug-likeness (QED) is 0.497. The number of carbonyl (C=O) groups is 3. The largest absolute Gasteiger partial charge is 0.364 e. The molecule has 2 aromatic carbocycles. The van der Waals surface area contributed by atoms with Crippen molar-refractivity contribution in [2.24, 2.45) is 11.5 Å². The van der Waals surface area contributed by atoms with Gasteiger partial charge in [0.25, 0.3) is 11.8 Å². The van der Waals surface area contributed by atoms with Gasteiger partial charge in [0.1, 0.15) is 0 Å². The fourth-order valence-corrected chi connectivity index (χ4v) is 2.90. The van der Waals surface area contributed by atoms with E-state index in [9.17, 15) is 14.4 Å². The molecule has 0 radical (unpaired) electrons. The first kappa shape index (κ1) is 20.6. The summed E-state index contributed by atoms with van der Waals surface area (Å²) in [6.45, 7) is 3.81. The van der Waals surface area contributed by atoms with Gasteiger partial charge >= 0.3 is 6.03 Å².